The van der Waals surface area contributed by atoms with Crippen LogP contribution >= 0.6 is 0 Å². The molecule has 0 radical (unpaired) electrons. The van der Waals surface area contributed by atoms with Crippen LogP contribution in [0.3, 0.4) is 0 Å². The van der Waals surface area contributed by atoms with Crippen molar-refractivity contribution in [3.05, 3.63) is 35.9 Å². The van der Waals surface area contributed by atoms with Crippen LogP contribution in [0, 0.1) is 0 Å². The van der Waals surface area contributed by atoms with Crippen LogP contribution in [-0.4, -0.2) is 30.4 Å². The van der Waals surface area contributed by atoms with Crippen LogP contribution in [0.5, 0.6) is 0 Å². The van der Waals surface area contributed by atoms with E-state index in [2.05, 4.69) is 4.74 Å². The highest BCUT2D eigenvalue weighted by Gasteiger charge is 2.20. The molecule has 4 nitrogen and oxygen atoms in total. The molecule has 0 N–H and O–H groups in total. The molecule has 0 unspecified atom stereocenters. The molecule has 1 amide bonds. The molecule has 1 aromatic rings. The molecule has 86 valence electrons. The van der Waals surface area contributed by atoms with Gasteiger partial charge in [0.2, 0.25) is 0 Å². The standard InChI is InChI=1S/C12H15NO3/c1-3-13(11(14)12(15)16-2)9-10-7-5-4-6-8-10/h4-8H,3,9H2,1-2H3. The minimum Gasteiger partial charge on any atom is -0.462 e. The highest BCUT2D eigenvalue weighted by atomic mass is 16.5. The Kier molecular flexibility index (Phi) is 4.51. The Morgan fingerprint density at radius 3 is 2.38 bits per heavy atom. The van der Waals surface area contributed by atoms with Gasteiger partial charge in [0.1, 0.15) is 0 Å². The van der Waals surface area contributed by atoms with Crippen LogP contribution in [0.4, 0.5) is 0 Å². The fourth-order valence-electron chi connectivity index (χ4n) is 1.35. The van der Waals surface area contributed by atoms with Gasteiger partial charge < -0.3 is 9.64 Å². The van der Waals surface area contributed by atoms with Crippen LogP contribution in [0.25, 0.3) is 0 Å². The molecule has 0 saturated carbocycles. The third-order valence-corrected chi connectivity index (χ3v) is 2.25. The number of hydrogen-bond acceptors (Lipinski definition) is 3. The fourth-order valence-corrected chi connectivity index (χ4v) is 1.35. The van der Waals surface area contributed by atoms with Gasteiger partial charge in [0.05, 0.1) is 7.11 Å². The zero-order chi connectivity index (χ0) is 12.0. The van der Waals surface area contributed by atoms with Gasteiger partial charge in [0.15, 0.2) is 0 Å². The first-order valence-corrected chi connectivity index (χ1v) is 5.10. The van der Waals surface area contributed by atoms with Gasteiger partial charge in [-0.25, -0.2) is 4.79 Å². The van der Waals surface area contributed by atoms with Crippen molar-refractivity contribution in [1.29, 1.82) is 0 Å². The van der Waals surface area contributed by atoms with E-state index in [1.54, 1.807) is 0 Å². The Balaban J connectivity index is 2.69. The average molecular weight is 221 g/mol. The molecule has 0 heterocycles. The van der Waals surface area contributed by atoms with E-state index in [1.807, 2.05) is 37.3 Å². The smallest absolute Gasteiger partial charge is 0.396 e. The second-order valence-corrected chi connectivity index (χ2v) is 3.30. The molecule has 1 aromatic carbocycles. The monoisotopic (exact) mass is 221 g/mol. The number of likely N-dealkylation sites (N-methyl/N-ethyl adjacent to an activating group) is 1. The van der Waals surface area contributed by atoms with Gasteiger partial charge in [0.25, 0.3) is 0 Å². The number of amides is 1. The number of methoxy groups -OCH3 is 1. The van der Waals surface area contributed by atoms with Crippen LogP contribution in [0.2, 0.25) is 0 Å². The Bertz CT molecular complexity index is 362. The van der Waals surface area contributed by atoms with Gasteiger partial charge in [-0.1, -0.05) is 30.3 Å². The zero-order valence-corrected chi connectivity index (χ0v) is 9.47. The van der Waals surface area contributed by atoms with Gasteiger partial charge in [-0.15, -0.1) is 0 Å². The summed E-state index contributed by atoms with van der Waals surface area (Å²) in [5.41, 5.74) is 0.988. The van der Waals surface area contributed by atoms with E-state index in [0.29, 0.717) is 13.1 Å². The Morgan fingerprint density at radius 1 is 1.25 bits per heavy atom. The van der Waals surface area contributed by atoms with Crippen molar-refractivity contribution in [3.8, 4) is 0 Å². The van der Waals surface area contributed by atoms with Gasteiger partial charge in [-0.2, -0.15) is 0 Å². The molecule has 0 spiro atoms. The van der Waals surface area contributed by atoms with Gasteiger partial charge in [0, 0.05) is 13.1 Å². The molecule has 1 rings (SSSR count). The third kappa shape index (κ3) is 3.08. The molecule has 16 heavy (non-hydrogen) atoms. The predicted octanol–water partition coefficient (Wildman–Crippen LogP) is 1.21. The topological polar surface area (TPSA) is 46.6 Å². The summed E-state index contributed by atoms with van der Waals surface area (Å²) in [6, 6.07) is 9.51. The van der Waals surface area contributed by atoms with E-state index in [-0.39, 0.29) is 0 Å². The number of esters is 1. The summed E-state index contributed by atoms with van der Waals surface area (Å²) in [7, 11) is 1.20. The van der Waals surface area contributed by atoms with Crippen LogP contribution < -0.4 is 0 Å². The van der Waals surface area contributed by atoms with E-state index in [4.69, 9.17) is 0 Å². The highest BCUT2D eigenvalue weighted by molar-refractivity contribution is 6.32. The lowest BCUT2D eigenvalue weighted by atomic mass is 10.2. The fraction of sp³-hybridized carbons (Fsp3) is 0.333. The zero-order valence-electron chi connectivity index (χ0n) is 9.47. The van der Waals surface area contributed by atoms with Crippen LogP contribution in [0.1, 0.15) is 12.5 Å². The van der Waals surface area contributed by atoms with Crippen molar-refractivity contribution in [2.24, 2.45) is 0 Å². The lowest BCUT2D eigenvalue weighted by molar-refractivity contribution is -0.158. The number of nitrogens with zero attached hydrogens (tertiary/aromatic N) is 1. The maximum atomic E-state index is 11.6. The molecule has 4 heteroatoms. The minimum absolute atomic E-state index is 0.422. The van der Waals surface area contributed by atoms with Crippen molar-refractivity contribution >= 4 is 11.9 Å². The molecular formula is C12H15NO3. The van der Waals surface area contributed by atoms with E-state index < -0.39 is 11.9 Å². The quantitative estimate of drug-likeness (QED) is 0.569. The van der Waals surface area contributed by atoms with Crippen molar-refractivity contribution in [2.75, 3.05) is 13.7 Å². The van der Waals surface area contributed by atoms with E-state index >= 15 is 0 Å². The lowest BCUT2D eigenvalue weighted by Gasteiger charge is -2.19. The second-order valence-electron chi connectivity index (χ2n) is 3.30. The molecule has 0 bridgehead atoms. The summed E-state index contributed by atoms with van der Waals surface area (Å²) in [5.74, 6) is -1.42. The second kappa shape index (κ2) is 5.90. The normalized spacial score (nSPS) is 9.62. The first-order valence-electron chi connectivity index (χ1n) is 5.10. The summed E-state index contributed by atoms with van der Waals surface area (Å²) in [6.07, 6.45) is 0. The van der Waals surface area contributed by atoms with E-state index in [1.165, 1.54) is 12.0 Å². The van der Waals surface area contributed by atoms with Gasteiger partial charge in [-0.3, -0.25) is 4.79 Å². The number of carbonyl (C=O) groups excluding carboxylic acids is 2. The summed E-state index contributed by atoms with van der Waals surface area (Å²) < 4.78 is 4.40. The summed E-state index contributed by atoms with van der Waals surface area (Å²) >= 11 is 0. The number of rotatable bonds is 3. The molecule has 0 saturated heterocycles. The Labute approximate surface area is 94.8 Å². The van der Waals surface area contributed by atoms with E-state index in [9.17, 15) is 9.59 Å². The SMILES string of the molecule is CCN(Cc1ccccc1)C(=O)C(=O)OC. The number of hydrogen-bond donors (Lipinski definition) is 0. The highest BCUT2D eigenvalue weighted by Crippen LogP contribution is 2.04. The number of ether oxygens (including phenoxy) is 1. The number of carbonyl (C=O) groups is 2. The molecule has 0 aromatic heterocycles. The first-order chi connectivity index (χ1) is 7.69. The van der Waals surface area contributed by atoms with Gasteiger partial charge in [-0.05, 0) is 12.5 Å². The van der Waals surface area contributed by atoms with Crippen molar-refractivity contribution in [1.82, 2.24) is 4.90 Å². The predicted molar refractivity (Wildman–Crippen MR) is 59.5 cm³/mol. The van der Waals surface area contributed by atoms with E-state index in [0.717, 1.165) is 5.56 Å². The molecule has 0 aliphatic rings. The maximum absolute atomic E-state index is 11.6. The molecule has 0 atom stereocenters. The number of benzene rings is 1. The molecule has 0 fully saturated rings. The maximum Gasteiger partial charge on any atom is 0.396 e. The molecular weight excluding hydrogens is 206 g/mol. The minimum atomic E-state index is -0.821. The van der Waals surface area contributed by atoms with Crippen LogP contribution in [-0.2, 0) is 20.9 Å². The Morgan fingerprint density at radius 2 is 1.88 bits per heavy atom. The van der Waals surface area contributed by atoms with Gasteiger partial charge >= 0.3 is 11.9 Å². The summed E-state index contributed by atoms with van der Waals surface area (Å²) in [4.78, 5) is 24.1. The van der Waals surface area contributed by atoms with Crippen molar-refractivity contribution < 1.29 is 14.3 Å². The summed E-state index contributed by atoms with van der Waals surface area (Å²) in [6.45, 7) is 2.72. The largest absolute Gasteiger partial charge is 0.462 e. The summed E-state index contributed by atoms with van der Waals surface area (Å²) in [5, 5.41) is 0. The van der Waals surface area contributed by atoms with Crippen molar-refractivity contribution in [3.63, 3.8) is 0 Å². The lowest BCUT2D eigenvalue weighted by Crippen LogP contribution is -2.36. The molecule has 0 aliphatic heterocycles. The Hall–Kier alpha value is -1.84. The third-order valence-electron chi connectivity index (χ3n) is 2.25. The first kappa shape index (κ1) is 12.2. The van der Waals surface area contributed by atoms with Crippen molar-refractivity contribution in [2.45, 2.75) is 13.5 Å². The average Bonchev–Trinajstić information content (AvgIpc) is 2.35. The molecule has 0 aliphatic carbocycles. The van der Waals surface area contributed by atoms with Crippen LogP contribution in [0.15, 0.2) is 30.3 Å².